The van der Waals surface area contributed by atoms with E-state index in [9.17, 15) is 4.79 Å². The summed E-state index contributed by atoms with van der Waals surface area (Å²) in [4.78, 5) is 12.0. The largest absolute Gasteiger partial charge is 0.463 e. The van der Waals surface area contributed by atoms with Crippen LogP contribution in [0, 0.1) is 23.7 Å². The Morgan fingerprint density at radius 2 is 2.29 bits per heavy atom. The third-order valence-electron chi connectivity index (χ3n) is 4.55. The van der Waals surface area contributed by atoms with E-state index in [0.29, 0.717) is 24.4 Å². The first kappa shape index (κ1) is 11.3. The predicted octanol–water partition coefficient (Wildman–Crippen LogP) is 2.17. The molecule has 94 valence electrons. The minimum atomic E-state index is -0.00722. The van der Waals surface area contributed by atoms with Crippen LogP contribution in [0.3, 0.4) is 0 Å². The molecule has 0 N–H and O–H groups in total. The average Bonchev–Trinajstić information content (AvgIpc) is 2.89. The smallest absolute Gasteiger partial charge is 0.309 e. The van der Waals surface area contributed by atoms with Gasteiger partial charge in [-0.15, -0.1) is 0 Å². The second-order valence-electron chi connectivity index (χ2n) is 5.56. The van der Waals surface area contributed by atoms with E-state index in [4.69, 9.17) is 9.47 Å². The van der Waals surface area contributed by atoms with Crippen molar-refractivity contribution >= 4 is 5.97 Å². The Bertz CT molecular complexity index is 334. The number of esters is 1. The van der Waals surface area contributed by atoms with Crippen LogP contribution in [0.15, 0.2) is 12.2 Å². The summed E-state index contributed by atoms with van der Waals surface area (Å²) in [5.74, 6) is 1.76. The van der Waals surface area contributed by atoms with Crippen molar-refractivity contribution in [1.29, 1.82) is 0 Å². The van der Waals surface area contributed by atoms with Crippen molar-refractivity contribution in [3.8, 4) is 0 Å². The number of carbonyl (C=O) groups excluding carboxylic acids is 1. The standard InChI is InChI=1S/C14H20O3/c1-2-10-7-16-13(10)8-17-14(15)12-6-9-3-4-11(12)5-9/h3-4,9-13H,2,5-8H2,1H3. The molecule has 0 aromatic rings. The van der Waals surface area contributed by atoms with Crippen LogP contribution in [0.1, 0.15) is 26.2 Å². The van der Waals surface area contributed by atoms with Crippen LogP contribution in [0.5, 0.6) is 0 Å². The van der Waals surface area contributed by atoms with Gasteiger partial charge in [0.25, 0.3) is 0 Å². The van der Waals surface area contributed by atoms with Crippen LogP contribution < -0.4 is 0 Å². The summed E-state index contributed by atoms with van der Waals surface area (Å²) in [5, 5.41) is 0. The summed E-state index contributed by atoms with van der Waals surface area (Å²) in [7, 11) is 0. The van der Waals surface area contributed by atoms with Gasteiger partial charge in [-0.2, -0.15) is 0 Å². The van der Waals surface area contributed by atoms with Crippen LogP contribution in [-0.2, 0) is 14.3 Å². The molecule has 1 saturated carbocycles. The maximum Gasteiger partial charge on any atom is 0.309 e. The lowest BCUT2D eigenvalue weighted by molar-refractivity contribution is -0.172. The lowest BCUT2D eigenvalue weighted by atomic mass is 9.93. The molecule has 3 nitrogen and oxygen atoms in total. The Kier molecular flexibility index (Phi) is 2.95. The fraction of sp³-hybridized carbons (Fsp3) is 0.786. The molecule has 5 unspecified atom stereocenters. The number of hydrogen-bond acceptors (Lipinski definition) is 3. The van der Waals surface area contributed by atoms with Gasteiger partial charge in [0.15, 0.2) is 0 Å². The van der Waals surface area contributed by atoms with E-state index in [-0.39, 0.29) is 18.0 Å². The maximum absolute atomic E-state index is 12.0. The van der Waals surface area contributed by atoms with Gasteiger partial charge in [0.1, 0.15) is 6.61 Å². The molecule has 1 heterocycles. The average molecular weight is 236 g/mol. The van der Waals surface area contributed by atoms with E-state index in [1.54, 1.807) is 0 Å². The van der Waals surface area contributed by atoms with Crippen LogP contribution in [0.2, 0.25) is 0 Å². The molecule has 0 aromatic heterocycles. The molecular weight excluding hydrogens is 216 g/mol. The van der Waals surface area contributed by atoms with Gasteiger partial charge in [-0.1, -0.05) is 19.1 Å². The number of ether oxygens (including phenoxy) is 2. The van der Waals surface area contributed by atoms with Crippen molar-refractivity contribution in [2.75, 3.05) is 13.2 Å². The van der Waals surface area contributed by atoms with Crippen molar-refractivity contribution in [2.45, 2.75) is 32.3 Å². The van der Waals surface area contributed by atoms with Crippen LogP contribution in [0.4, 0.5) is 0 Å². The highest BCUT2D eigenvalue weighted by Gasteiger charge is 2.41. The fourth-order valence-electron chi connectivity index (χ4n) is 3.26. The van der Waals surface area contributed by atoms with E-state index >= 15 is 0 Å². The highest BCUT2D eigenvalue weighted by molar-refractivity contribution is 5.74. The Morgan fingerprint density at radius 1 is 1.41 bits per heavy atom. The van der Waals surface area contributed by atoms with Crippen molar-refractivity contribution in [3.63, 3.8) is 0 Å². The van der Waals surface area contributed by atoms with Gasteiger partial charge in [0.2, 0.25) is 0 Å². The topological polar surface area (TPSA) is 35.5 Å². The van der Waals surface area contributed by atoms with Crippen LogP contribution in [-0.4, -0.2) is 25.3 Å². The predicted molar refractivity (Wildman–Crippen MR) is 63.3 cm³/mol. The zero-order chi connectivity index (χ0) is 11.8. The summed E-state index contributed by atoms with van der Waals surface area (Å²) in [6, 6.07) is 0. The SMILES string of the molecule is CCC1COC1COC(=O)C1CC2C=CC1C2. The number of fused-ring (bicyclic) bond motifs is 2. The number of rotatable bonds is 4. The van der Waals surface area contributed by atoms with Gasteiger partial charge in [-0.25, -0.2) is 0 Å². The zero-order valence-corrected chi connectivity index (χ0v) is 10.3. The quantitative estimate of drug-likeness (QED) is 0.554. The molecular formula is C14H20O3. The highest BCUT2D eigenvalue weighted by Crippen LogP contribution is 2.43. The Balaban J connectivity index is 1.46. The first-order chi connectivity index (χ1) is 8.28. The van der Waals surface area contributed by atoms with Gasteiger partial charge in [0.05, 0.1) is 18.6 Å². The summed E-state index contributed by atoms with van der Waals surface area (Å²) in [5.41, 5.74) is 0. The van der Waals surface area contributed by atoms with E-state index in [0.717, 1.165) is 25.9 Å². The minimum Gasteiger partial charge on any atom is -0.463 e. The Hall–Kier alpha value is -0.830. The van der Waals surface area contributed by atoms with E-state index in [1.165, 1.54) is 0 Å². The molecule has 1 aliphatic heterocycles. The Labute approximate surface area is 102 Å². The normalized spacial score (nSPS) is 42.5. The van der Waals surface area contributed by atoms with E-state index < -0.39 is 0 Å². The first-order valence-electron chi connectivity index (χ1n) is 6.74. The number of allylic oxidation sites excluding steroid dienone is 2. The van der Waals surface area contributed by atoms with Crippen molar-refractivity contribution in [2.24, 2.45) is 23.7 Å². The monoisotopic (exact) mass is 236 g/mol. The van der Waals surface area contributed by atoms with E-state index in [1.807, 2.05) is 0 Å². The number of hydrogen-bond donors (Lipinski definition) is 0. The fourth-order valence-corrected chi connectivity index (χ4v) is 3.26. The molecule has 0 spiro atoms. The minimum absolute atomic E-state index is 0.00722. The Morgan fingerprint density at radius 3 is 2.82 bits per heavy atom. The molecule has 2 aliphatic carbocycles. The van der Waals surface area contributed by atoms with Gasteiger partial charge in [-0.05, 0) is 31.1 Å². The molecule has 0 amide bonds. The summed E-state index contributed by atoms with van der Waals surface area (Å²) in [6.07, 6.45) is 7.84. The van der Waals surface area contributed by atoms with Crippen molar-refractivity contribution < 1.29 is 14.3 Å². The second kappa shape index (κ2) is 4.45. The van der Waals surface area contributed by atoms with Gasteiger partial charge in [0, 0.05) is 5.92 Å². The first-order valence-corrected chi connectivity index (χ1v) is 6.74. The molecule has 3 aliphatic rings. The lowest BCUT2D eigenvalue weighted by Gasteiger charge is -2.35. The molecule has 0 radical (unpaired) electrons. The van der Waals surface area contributed by atoms with Crippen molar-refractivity contribution in [1.82, 2.24) is 0 Å². The maximum atomic E-state index is 12.0. The summed E-state index contributed by atoms with van der Waals surface area (Å²) in [6.45, 7) is 3.44. The summed E-state index contributed by atoms with van der Waals surface area (Å²) >= 11 is 0. The zero-order valence-electron chi connectivity index (χ0n) is 10.3. The van der Waals surface area contributed by atoms with Gasteiger partial charge < -0.3 is 9.47 Å². The number of carbonyl (C=O) groups is 1. The molecule has 3 heteroatoms. The molecule has 5 atom stereocenters. The molecule has 2 bridgehead atoms. The third-order valence-corrected chi connectivity index (χ3v) is 4.55. The lowest BCUT2D eigenvalue weighted by Crippen LogP contribution is -2.43. The molecule has 17 heavy (non-hydrogen) atoms. The van der Waals surface area contributed by atoms with Gasteiger partial charge in [-0.3, -0.25) is 4.79 Å². The second-order valence-corrected chi connectivity index (χ2v) is 5.56. The van der Waals surface area contributed by atoms with E-state index in [2.05, 4.69) is 19.1 Å². The van der Waals surface area contributed by atoms with Gasteiger partial charge >= 0.3 is 5.97 Å². The molecule has 1 saturated heterocycles. The summed E-state index contributed by atoms with van der Waals surface area (Å²) < 4.78 is 10.8. The highest BCUT2D eigenvalue weighted by atomic mass is 16.6. The third kappa shape index (κ3) is 2.01. The molecule has 3 rings (SSSR count). The van der Waals surface area contributed by atoms with Crippen LogP contribution in [0.25, 0.3) is 0 Å². The van der Waals surface area contributed by atoms with Crippen LogP contribution >= 0.6 is 0 Å². The van der Waals surface area contributed by atoms with Crippen molar-refractivity contribution in [3.05, 3.63) is 12.2 Å². The molecule has 2 fully saturated rings. The molecule has 0 aromatic carbocycles.